The molecule has 0 fully saturated rings. The lowest BCUT2D eigenvalue weighted by molar-refractivity contribution is -0.119. The molecule has 0 saturated carbocycles. The molecule has 0 heterocycles. The molecular weight excluding hydrogens is 448 g/mol. The van der Waals surface area contributed by atoms with Crippen LogP contribution in [-0.2, 0) is 21.4 Å². The molecule has 8 heteroatoms. The summed E-state index contributed by atoms with van der Waals surface area (Å²) >= 11 is 6.23. The highest BCUT2D eigenvalue weighted by atomic mass is 35.5. The van der Waals surface area contributed by atoms with E-state index >= 15 is 0 Å². The van der Waals surface area contributed by atoms with Crippen LogP contribution in [0, 0.1) is 13.8 Å². The fraction of sp³-hybridized carbons (Fsp3) is 0.167. The molecule has 0 radical (unpaired) electrons. The van der Waals surface area contributed by atoms with Crippen LogP contribution in [0.2, 0.25) is 5.02 Å². The van der Waals surface area contributed by atoms with Crippen molar-refractivity contribution in [1.29, 1.82) is 0 Å². The molecule has 1 amide bonds. The molecule has 0 saturated heterocycles. The van der Waals surface area contributed by atoms with Gasteiger partial charge in [0.25, 0.3) is 10.0 Å². The Balaban J connectivity index is 1.88. The number of nitrogens with one attached hydrogen (secondary N) is 1. The predicted octanol–water partition coefficient (Wildman–Crippen LogP) is 4.28. The number of anilines is 1. The second-order valence-corrected chi connectivity index (χ2v) is 9.67. The lowest BCUT2D eigenvalue weighted by Gasteiger charge is -2.24. The molecule has 3 aromatic rings. The van der Waals surface area contributed by atoms with Gasteiger partial charge in [-0.25, -0.2) is 8.42 Å². The Kier molecular flexibility index (Phi) is 7.33. The van der Waals surface area contributed by atoms with Crippen LogP contribution in [0.15, 0.2) is 71.6 Å². The summed E-state index contributed by atoms with van der Waals surface area (Å²) in [6.07, 6.45) is 0.725. The van der Waals surface area contributed by atoms with Gasteiger partial charge in [-0.1, -0.05) is 53.6 Å². The highest BCUT2D eigenvalue weighted by Crippen LogP contribution is 2.28. The van der Waals surface area contributed by atoms with Gasteiger partial charge in [-0.2, -0.15) is 0 Å². The molecule has 0 aliphatic heterocycles. The van der Waals surface area contributed by atoms with Crippen molar-refractivity contribution in [3.05, 3.63) is 94.0 Å². The first-order valence-corrected chi connectivity index (χ1v) is 11.7. The standard InChI is InChI=1S/C24H23ClN2O4S/c1-17-6-10-22(11-7-17)32(30,31)27(21-9-8-18(2)23(25)13-21)15-24(29)26-14-19-4-3-5-20(12-19)16-28/h3-13,16H,14-15H2,1-2H3,(H,26,29). The monoisotopic (exact) mass is 470 g/mol. The van der Waals surface area contributed by atoms with Crippen molar-refractivity contribution >= 4 is 39.5 Å². The van der Waals surface area contributed by atoms with Gasteiger partial charge < -0.3 is 5.32 Å². The number of aldehydes is 1. The number of benzene rings is 3. The minimum absolute atomic E-state index is 0.0753. The average molecular weight is 471 g/mol. The summed E-state index contributed by atoms with van der Waals surface area (Å²) in [5, 5.41) is 3.12. The number of amides is 1. The predicted molar refractivity (Wildman–Crippen MR) is 126 cm³/mol. The van der Waals surface area contributed by atoms with E-state index in [2.05, 4.69) is 5.32 Å². The second-order valence-electron chi connectivity index (χ2n) is 7.40. The Morgan fingerprint density at radius 1 is 1.03 bits per heavy atom. The number of carbonyl (C=O) groups excluding carboxylic acids is 2. The Hall–Kier alpha value is -3.16. The van der Waals surface area contributed by atoms with Gasteiger partial charge in [0, 0.05) is 17.1 Å². The minimum atomic E-state index is -4.02. The van der Waals surface area contributed by atoms with E-state index in [1.807, 2.05) is 13.8 Å². The van der Waals surface area contributed by atoms with Gasteiger partial charge in [0.2, 0.25) is 5.91 Å². The number of hydrogen-bond acceptors (Lipinski definition) is 4. The molecule has 1 N–H and O–H groups in total. The van der Waals surface area contributed by atoms with Crippen LogP contribution < -0.4 is 9.62 Å². The lowest BCUT2D eigenvalue weighted by atomic mass is 10.1. The molecule has 3 aromatic carbocycles. The number of sulfonamides is 1. The van der Waals surface area contributed by atoms with Crippen LogP contribution >= 0.6 is 11.6 Å². The minimum Gasteiger partial charge on any atom is -0.350 e. The molecule has 0 aliphatic rings. The first-order chi connectivity index (χ1) is 15.2. The zero-order valence-electron chi connectivity index (χ0n) is 17.7. The van der Waals surface area contributed by atoms with E-state index in [1.165, 1.54) is 18.2 Å². The summed E-state index contributed by atoms with van der Waals surface area (Å²) in [6, 6.07) is 18.1. The highest BCUT2D eigenvalue weighted by molar-refractivity contribution is 7.92. The number of hydrogen-bond donors (Lipinski definition) is 1. The molecule has 0 bridgehead atoms. The van der Waals surface area contributed by atoms with Gasteiger partial charge in [-0.15, -0.1) is 0 Å². The smallest absolute Gasteiger partial charge is 0.264 e. The van der Waals surface area contributed by atoms with E-state index in [9.17, 15) is 18.0 Å². The van der Waals surface area contributed by atoms with Crippen molar-refractivity contribution in [3.63, 3.8) is 0 Å². The van der Waals surface area contributed by atoms with Crippen molar-refractivity contribution < 1.29 is 18.0 Å². The van der Waals surface area contributed by atoms with Gasteiger partial charge in [0.05, 0.1) is 10.6 Å². The maximum absolute atomic E-state index is 13.4. The van der Waals surface area contributed by atoms with Crippen LogP contribution in [0.5, 0.6) is 0 Å². The lowest BCUT2D eigenvalue weighted by Crippen LogP contribution is -2.40. The molecule has 0 aliphatic carbocycles. The Morgan fingerprint density at radius 3 is 2.41 bits per heavy atom. The molecule has 166 valence electrons. The Bertz CT molecular complexity index is 1240. The number of halogens is 1. The summed E-state index contributed by atoms with van der Waals surface area (Å²) in [6.45, 7) is 3.41. The average Bonchev–Trinajstić information content (AvgIpc) is 2.78. The van der Waals surface area contributed by atoms with E-state index in [0.717, 1.165) is 27.3 Å². The quantitative estimate of drug-likeness (QED) is 0.498. The molecule has 32 heavy (non-hydrogen) atoms. The SMILES string of the molecule is Cc1ccc(S(=O)(=O)N(CC(=O)NCc2cccc(C=O)c2)c2ccc(C)c(Cl)c2)cc1. The normalized spacial score (nSPS) is 11.1. The van der Waals surface area contributed by atoms with Crippen molar-refractivity contribution in [2.24, 2.45) is 0 Å². The summed E-state index contributed by atoms with van der Waals surface area (Å²) in [5.41, 5.74) is 3.23. The van der Waals surface area contributed by atoms with Gasteiger partial charge in [-0.05, 0) is 55.3 Å². The fourth-order valence-electron chi connectivity index (χ4n) is 3.05. The molecule has 0 spiro atoms. The van der Waals surface area contributed by atoms with Gasteiger partial charge in [-0.3, -0.25) is 13.9 Å². The maximum atomic E-state index is 13.4. The van der Waals surface area contributed by atoms with Crippen molar-refractivity contribution in [2.75, 3.05) is 10.8 Å². The third-order valence-electron chi connectivity index (χ3n) is 4.92. The highest BCUT2D eigenvalue weighted by Gasteiger charge is 2.27. The first-order valence-electron chi connectivity index (χ1n) is 9.87. The third kappa shape index (κ3) is 5.55. The summed E-state index contributed by atoms with van der Waals surface area (Å²) < 4.78 is 27.8. The van der Waals surface area contributed by atoms with Crippen LogP contribution in [0.25, 0.3) is 0 Å². The molecule has 0 aromatic heterocycles. The van der Waals surface area contributed by atoms with E-state index in [-0.39, 0.29) is 11.4 Å². The number of aryl methyl sites for hydroxylation is 2. The van der Waals surface area contributed by atoms with E-state index in [1.54, 1.807) is 48.5 Å². The summed E-state index contributed by atoms with van der Waals surface area (Å²) in [7, 11) is -4.02. The Labute approximate surface area is 192 Å². The second kappa shape index (κ2) is 9.97. The van der Waals surface area contributed by atoms with Crippen LogP contribution in [-0.4, -0.2) is 27.2 Å². The zero-order valence-corrected chi connectivity index (χ0v) is 19.3. The topological polar surface area (TPSA) is 83.6 Å². The third-order valence-corrected chi connectivity index (χ3v) is 7.11. The molecule has 3 rings (SSSR count). The number of carbonyl (C=O) groups is 2. The summed E-state index contributed by atoms with van der Waals surface area (Å²) in [4.78, 5) is 23.7. The van der Waals surface area contributed by atoms with Crippen molar-refractivity contribution in [2.45, 2.75) is 25.3 Å². The number of rotatable bonds is 8. The maximum Gasteiger partial charge on any atom is 0.264 e. The molecular formula is C24H23ClN2O4S. The van der Waals surface area contributed by atoms with Crippen LogP contribution in [0.1, 0.15) is 27.0 Å². The van der Waals surface area contributed by atoms with E-state index < -0.39 is 22.5 Å². The number of nitrogens with zero attached hydrogens (tertiary/aromatic N) is 1. The first kappa shape index (κ1) is 23.5. The molecule has 0 unspecified atom stereocenters. The molecule has 6 nitrogen and oxygen atoms in total. The van der Waals surface area contributed by atoms with E-state index in [4.69, 9.17) is 11.6 Å². The van der Waals surface area contributed by atoms with Gasteiger partial charge >= 0.3 is 0 Å². The van der Waals surface area contributed by atoms with Gasteiger partial charge in [0.1, 0.15) is 12.8 Å². The molecule has 0 atom stereocenters. The van der Waals surface area contributed by atoms with Crippen molar-refractivity contribution in [3.8, 4) is 0 Å². The fourth-order valence-corrected chi connectivity index (χ4v) is 4.64. The van der Waals surface area contributed by atoms with Crippen LogP contribution in [0.4, 0.5) is 5.69 Å². The van der Waals surface area contributed by atoms with Crippen molar-refractivity contribution in [1.82, 2.24) is 5.32 Å². The van der Waals surface area contributed by atoms with E-state index in [0.29, 0.717) is 16.3 Å². The zero-order chi connectivity index (χ0) is 23.3. The van der Waals surface area contributed by atoms with Crippen LogP contribution in [0.3, 0.4) is 0 Å². The van der Waals surface area contributed by atoms with Gasteiger partial charge in [0.15, 0.2) is 0 Å². The largest absolute Gasteiger partial charge is 0.350 e. The summed E-state index contributed by atoms with van der Waals surface area (Å²) in [5.74, 6) is -0.492. The Morgan fingerprint density at radius 2 is 1.75 bits per heavy atom.